The summed E-state index contributed by atoms with van der Waals surface area (Å²) in [6.45, 7) is 7.70. The van der Waals surface area contributed by atoms with E-state index in [1.165, 1.54) is 18.1 Å². The highest BCUT2D eigenvalue weighted by Crippen LogP contribution is 1.99. The van der Waals surface area contributed by atoms with Crippen LogP contribution in [0.2, 0.25) is 0 Å². The van der Waals surface area contributed by atoms with Crippen molar-refractivity contribution >= 4 is 12.7 Å². The van der Waals surface area contributed by atoms with E-state index in [1.54, 1.807) is 0 Å². The average Bonchev–Trinajstić information content (AvgIpc) is 2.20. The van der Waals surface area contributed by atoms with Gasteiger partial charge in [0.2, 0.25) is 0 Å². The average molecular weight is 186 g/mol. The summed E-state index contributed by atoms with van der Waals surface area (Å²) in [6, 6.07) is 8.26. The molecule has 0 heterocycles. The van der Waals surface area contributed by atoms with Crippen molar-refractivity contribution in [1.82, 2.24) is 0 Å². The predicted molar refractivity (Wildman–Crippen MR) is 64.3 cm³/mol. The SMILES string of the molecule is C=CCCCC/C=c1\ccccc1=C. The van der Waals surface area contributed by atoms with Gasteiger partial charge in [-0.25, -0.2) is 0 Å². The van der Waals surface area contributed by atoms with E-state index in [1.807, 2.05) is 12.1 Å². The zero-order valence-electron chi connectivity index (χ0n) is 8.71. The third-order valence-electron chi connectivity index (χ3n) is 2.28. The van der Waals surface area contributed by atoms with Gasteiger partial charge in [0.15, 0.2) is 0 Å². The van der Waals surface area contributed by atoms with E-state index in [0.29, 0.717) is 0 Å². The van der Waals surface area contributed by atoms with Crippen LogP contribution in [-0.2, 0) is 0 Å². The van der Waals surface area contributed by atoms with Crippen LogP contribution >= 0.6 is 0 Å². The molecule has 1 rings (SSSR count). The number of rotatable bonds is 5. The van der Waals surface area contributed by atoms with Gasteiger partial charge in [-0.15, -0.1) is 6.58 Å². The molecular weight excluding hydrogens is 168 g/mol. The van der Waals surface area contributed by atoms with Crippen molar-refractivity contribution < 1.29 is 0 Å². The normalized spacial score (nSPS) is 11.6. The molecule has 1 aromatic rings. The van der Waals surface area contributed by atoms with E-state index in [0.717, 1.165) is 18.1 Å². The molecule has 1 aromatic carbocycles. The lowest BCUT2D eigenvalue weighted by Crippen LogP contribution is -2.21. The summed E-state index contributed by atoms with van der Waals surface area (Å²) >= 11 is 0. The second-order valence-corrected chi connectivity index (χ2v) is 3.48. The number of hydrogen-bond donors (Lipinski definition) is 0. The highest BCUT2D eigenvalue weighted by atomic mass is 13.9. The highest BCUT2D eigenvalue weighted by molar-refractivity contribution is 5.26. The zero-order chi connectivity index (χ0) is 10.2. The maximum atomic E-state index is 3.99. The van der Waals surface area contributed by atoms with Crippen LogP contribution in [0, 0.1) is 0 Å². The van der Waals surface area contributed by atoms with Crippen molar-refractivity contribution in [2.75, 3.05) is 0 Å². The lowest BCUT2D eigenvalue weighted by molar-refractivity contribution is 0.777. The summed E-state index contributed by atoms with van der Waals surface area (Å²) in [7, 11) is 0. The molecule has 0 saturated carbocycles. The molecule has 0 nitrogen and oxygen atoms in total. The first-order valence-corrected chi connectivity index (χ1v) is 5.19. The maximum Gasteiger partial charge on any atom is -0.0230 e. The Morgan fingerprint density at radius 1 is 1.07 bits per heavy atom. The Labute approximate surface area is 86.3 Å². The van der Waals surface area contributed by atoms with E-state index in [-0.39, 0.29) is 0 Å². The van der Waals surface area contributed by atoms with Crippen LogP contribution < -0.4 is 10.4 Å². The van der Waals surface area contributed by atoms with Crippen LogP contribution in [0.4, 0.5) is 0 Å². The van der Waals surface area contributed by atoms with Crippen LogP contribution in [0.15, 0.2) is 36.9 Å². The third-order valence-corrected chi connectivity index (χ3v) is 2.28. The fourth-order valence-corrected chi connectivity index (χ4v) is 1.42. The molecule has 0 fully saturated rings. The molecule has 0 heteroatoms. The van der Waals surface area contributed by atoms with Gasteiger partial charge in [0.25, 0.3) is 0 Å². The standard InChI is InChI=1S/C14H18/c1-3-4-5-6-7-11-14-12-9-8-10-13(14)2/h3,8-12H,1-2,4-7H2/b14-11+. The van der Waals surface area contributed by atoms with Crippen LogP contribution in [-0.4, -0.2) is 0 Å². The molecule has 14 heavy (non-hydrogen) atoms. The molecule has 0 N–H and O–H groups in total. The fraction of sp³-hybridized carbons (Fsp3) is 0.286. The van der Waals surface area contributed by atoms with Crippen LogP contribution in [0.5, 0.6) is 0 Å². The van der Waals surface area contributed by atoms with Crippen molar-refractivity contribution in [3.8, 4) is 0 Å². The Morgan fingerprint density at radius 2 is 1.79 bits per heavy atom. The molecule has 0 unspecified atom stereocenters. The summed E-state index contributed by atoms with van der Waals surface area (Å²) in [5.74, 6) is 0. The van der Waals surface area contributed by atoms with Crippen LogP contribution in [0.3, 0.4) is 0 Å². The molecule has 74 valence electrons. The largest absolute Gasteiger partial charge is 0.103 e. The van der Waals surface area contributed by atoms with Gasteiger partial charge in [-0.1, -0.05) is 43.0 Å². The lowest BCUT2D eigenvalue weighted by atomic mass is 10.1. The van der Waals surface area contributed by atoms with E-state index in [9.17, 15) is 0 Å². The van der Waals surface area contributed by atoms with Crippen molar-refractivity contribution in [2.45, 2.75) is 25.7 Å². The lowest BCUT2D eigenvalue weighted by Gasteiger charge is -1.93. The van der Waals surface area contributed by atoms with Gasteiger partial charge in [0, 0.05) is 0 Å². The van der Waals surface area contributed by atoms with Crippen molar-refractivity contribution in [3.05, 3.63) is 47.4 Å². The van der Waals surface area contributed by atoms with Gasteiger partial charge >= 0.3 is 0 Å². The van der Waals surface area contributed by atoms with Crippen LogP contribution in [0.25, 0.3) is 12.7 Å². The molecule has 0 bridgehead atoms. The summed E-state index contributed by atoms with van der Waals surface area (Å²) in [5, 5.41) is 2.39. The van der Waals surface area contributed by atoms with Gasteiger partial charge < -0.3 is 0 Å². The molecule has 0 saturated heterocycles. The van der Waals surface area contributed by atoms with E-state index >= 15 is 0 Å². The molecular formula is C14H18. The first kappa shape index (κ1) is 10.8. The molecule has 0 radical (unpaired) electrons. The minimum atomic E-state index is 1.12. The first-order valence-electron chi connectivity index (χ1n) is 5.19. The Hall–Kier alpha value is -1.30. The number of allylic oxidation sites excluding steroid dienone is 1. The molecule has 0 aliphatic heterocycles. The second-order valence-electron chi connectivity index (χ2n) is 3.48. The predicted octanol–water partition coefficient (Wildman–Crippen LogP) is 2.62. The van der Waals surface area contributed by atoms with Crippen molar-refractivity contribution in [1.29, 1.82) is 0 Å². The quantitative estimate of drug-likeness (QED) is 0.490. The maximum absolute atomic E-state index is 3.99. The first-order chi connectivity index (χ1) is 6.84. The summed E-state index contributed by atoms with van der Waals surface area (Å²) in [5.41, 5.74) is 0. The van der Waals surface area contributed by atoms with Gasteiger partial charge in [-0.3, -0.25) is 0 Å². The third kappa shape index (κ3) is 3.61. The van der Waals surface area contributed by atoms with Crippen molar-refractivity contribution in [2.24, 2.45) is 0 Å². The molecule has 0 amide bonds. The second kappa shape index (κ2) is 6.20. The fourth-order valence-electron chi connectivity index (χ4n) is 1.42. The minimum Gasteiger partial charge on any atom is -0.103 e. The van der Waals surface area contributed by atoms with Gasteiger partial charge in [0.1, 0.15) is 0 Å². The zero-order valence-corrected chi connectivity index (χ0v) is 8.71. The Bertz CT molecular complexity index is 373. The van der Waals surface area contributed by atoms with Gasteiger partial charge in [-0.2, -0.15) is 0 Å². The highest BCUT2D eigenvalue weighted by Gasteiger charge is 1.84. The van der Waals surface area contributed by atoms with Crippen molar-refractivity contribution in [3.63, 3.8) is 0 Å². The molecule has 0 aliphatic rings. The Morgan fingerprint density at radius 3 is 2.50 bits per heavy atom. The summed E-state index contributed by atoms with van der Waals surface area (Å²) < 4.78 is 0. The van der Waals surface area contributed by atoms with E-state index in [2.05, 4.69) is 37.4 Å². The smallest absolute Gasteiger partial charge is 0.0230 e. The Kier molecular flexibility index (Phi) is 4.77. The monoisotopic (exact) mass is 186 g/mol. The summed E-state index contributed by atoms with van der Waals surface area (Å²) in [4.78, 5) is 0. The minimum absolute atomic E-state index is 1.12. The van der Waals surface area contributed by atoms with Crippen LogP contribution in [0.1, 0.15) is 25.7 Å². The number of hydrogen-bond acceptors (Lipinski definition) is 0. The molecule has 0 atom stereocenters. The van der Waals surface area contributed by atoms with E-state index in [4.69, 9.17) is 0 Å². The summed E-state index contributed by atoms with van der Waals surface area (Å²) in [6.07, 6.45) is 8.99. The Balaban J connectivity index is 2.49. The molecule has 0 aromatic heterocycles. The van der Waals surface area contributed by atoms with E-state index < -0.39 is 0 Å². The number of unbranched alkanes of at least 4 members (excludes halogenated alkanes) is 3. The molecule has 0 spiro atoms. The number of benzene rings is 1. The topological polar surface area (TPSA) is 0 Å². The van der Waals surface area contributed by atoms with Gasteiger partial charge in [-0.05, 0) is 36.1 Å². The molecule has 0 aliphatic carbocycles. The van der Waals surface area contributed by atoms with Gasteiger partial charge in [0.05, 0.1) is 0 Å².